The Hall–Kier alpha value is -2.31. The second kappa shape index (κ2) is 7.80. The van der Waals surface area contributed by atoms with Gasteiger partial charge in [0.1, 0.15) is 5.75 Å². The minimum Gasteiger partial charge on any atom is -0.493 e. The Balaban J connectivity index is 1.80. The van der Waals surface area contributed by atoms with Crippen LogP contribution in [0.1, 0.15) is 6.42 Å². The average molecular weight is 355 g/mol. The number of nitrogens with zero attached hydrogens (tertiary/aromatic N) is 1. The zero-order valence-electron chi connectivity index (χ0n) is 11.8. The van der Waals surface area contributed by atoms with Crippen LogP contribution in [0.15, 0.2) is 42.5 Å². The number of halogens is 2. The van der Waals surface area contributed by atoms with Gasteiger partial charge in [-0.05, 0) is 30.3 Å². The Morgan fingerprint density at radius 1 is 1.13 bits per heavy atom. The van der Waals surface area contributed by atoms with Crippen LogP contribution in [0.25, 0.3) is 0 Å². The molecule has 0 unspecified atom stereocenters. The molecule has 2 aromatic carbocycles. The molecule has 8 heteroatoms. The maximum atomic E-state index is 11.8. The van der Waals surface area contributed by atoms with Gasteiger partial charge in [-0.2, -0.15) is 0 Å². The van der Waals surface area contributed by atoms with Crippen molar-refractivity contribution in [3.8, 4) is 5.75 Å². The molecule has 0 spiro atoms. The summed E-state index contributed by atoms with van der Waals surface area (Å²) < 4.78 is 5.36. The van der Waals surface area contributed by atoms with Crippen molar-refractivity contribution in [2.24, 2.45) is 0 Å². The van der Waals surface area contributed by atoms with Crippen LogP contribution in [0.2, 0.25) is 10.0 Å². The molecule has 2 rings (SSSR count). The summed E-state index contributed by atoms with van der Waals surface area (Å²) in [6.07, 6.45) is 0.122. The quantitative estimate of drug-likeness (QED) is 0.618. The lowest BCUT2D eigenvalue weighted by atomic mass is 10.3. The highest BCUT2D eigenvalue weighted by Crippen LogP contribution is 2.25. The predicted octanol–water partition coefficient (Wildman–Crippen LogP) is 4.31. The number of nitro benzene ring substituents is 1. The number of hydrogen-bond acceptors (Lipinski definition) is 4. The zero-order valence-corrected chi connectivity index (χ0v) is 13.3. The number of rotatable bonds is 6. The Kier molecular flexibility index (Phi) is 5.78. The number of anilines is 1. The molecule has 0 bridgehead atoms. The van der Waals surface area contributed by atoms with Crippen LogP contribution in [0.4, 0.5) is 11.4 Å². The molecule has 0 aliphatic heterocycles. The van der Waals surface area contributed by atoms with Gasteiger partial charge in [0.2, 0.25) is 5.91 Å². The summed E-state index contributed by atoms with van der Waals surface area (Å²) in [4.78, 5) is 21.8. The van der Waals surface area contributed by atoms with E-state index in [1.54, 1.807) is 18.2 Å². The van der Waals surface area contributed by atoms with Crippen molar-refractivity contribution in [1.29, 1.82) is 0 Å². The Morgan fingerprint density at radius 3 is 2.43 bits per heavy atom. The SMILES string of the molecule is O=C(CCOc1ccc([N+](=O)[O-])cc1)Nc1ccc(Cl)c(Cl)c1. The third-order valence-electron chi connectivity index (χ3n) is 2.85. The Bertz CT molecular complexity index is 720. The molecule has 0 aromatic heterocycles. The van der Waals surface area contributed by atoms with E-state index in [1.165, 1.54) is 24.3 Å². The van der Waals surface area contributed by atoms with Gasteiger partial charge in [-0.3, -0.25) is 14.9 Å². The topological polar surface area (TPSA) is 81.5 Å². The molecule has 1 N–H and O–H groups in total. The third kappa shape index (κ3) is 5.12. The summed E-state index contributed by atoms with van der Waals surface area (Å²) in [5, 5.41) is 14.0. The van der Waals surface area contributed by atoms with Gasteiger partial charge >= 0.3 is 0 Å². The minimum absolute atomic E-state index is 0.0188. The molecule has 1 amide bonds. The second-order valence-electron chi connectivity index (χ2n) is 4.53. The molecular formula is C15H12Cl2N2O4. The summed E-state index contributed by atoms with van der Waals surface area (Å²) in [6.45, 7) is 0.144. The van der Waals surface area contributed by atoms with Crippen molar-refractivity contribution in [2.45, 2.75) is 6.42 Å². The maximum absolute atomic E-state index is 11.8. The number of nitrogens with one attached hydrogen (secondary N) is 1. The van der Waals surface area contributed by atoms with Crippen molar-refractivity contribution in [3.05, 3.63) is 62.6 Å². The van der Waals surface area contributed by atoms with Gasteiger partial charge in [-0.1, -0.05) is 23.2 Å². The van der Waals surface area contributed by atoms with E-state index in [4.69, 9.17) is 27.9 Å². The van der Waals surface area contributed by atoms with E-state index in [2.05, 4.69) is 5.32 Å². The van der Waals surface area contributed by atoms with Crippen LogP contribution in [0.3, 0.4) is 0 Å². The van der Waals surface area contributed by atoms with Crippen LogP contribution in [0, 0.1) is 10.1 Å². The fourth-order valence-electron chi connectivity index (χ4n) is 1.72. The lowest BCUT2D eigenvalue weighted by Gasteiger charge is -2.08. The molecule has 0 atom stereocenters. The molecule has 2 aromatic rings. The maximum Gasteiger partial charge on any atom is 0.269 e. The predicted molar refractivity (Wildman–Crippen MR) is 88.3 cm³/mol. The lowest BCUT2D eigenvalue weighted by Crippen LogP contribution is -2.15. The van der Waals surface area contributed by atoms with Crippen molar-refractivity contribution in [3.63, 3.8) is 0 Å². The monoisotopic (exact) mass is 354 g/mol. The first kappa shape index (κ1) is 17.1. The standard InChI is InChI=1S/C15H12Cl2N2O4/c16-13-6-1-10(9-14(13)17)18-15(20)7-8-23-12-4-2-11(3-5-12)19(21)22/h1-6,9H,7-8H2,(H,18,20). The van der Waals surface area contributed by atoms with Gasteiger partial charge in [0.15, 0.2) is 0 Å². The average Bonchev–Trinajstić information content (AvgIpc) is 2.51. The molecule has 0 fully saturated rings. The zero-order chi connectivity index (χ0) is 16.8. The number of benzene rings is 2. The minimum atomic E-state index is -0.492. The van der Waals surface area contributed by atoms with Gasteiger partial charge in [0.05, 0.1) is 28.0 Å². The molecule has 0 saturated carbocycles. The second-order valence-corrected chi connectivity index (χ2v) is 5.34. The van der Waals surface area contributed by atoms with Crippen LogP contribution in [-0.4, -0.2) is 17.4 Å². The Morgan fingerprint density at radius 2 is 1.83 bits per heavy atom. The van der Waals surface area contributed by atoms with Gasteiger partial charge in [0.25, 0.3) is 5.69 Å². The van der Waals surface area contributed by atoms with Gasteiger partial charge < -0.3 is 10.1 Å². The van der Waals surface area contributed by atoms with E-state index in [-0.39, 0.29) is 24.6 Å². The first-order valence-corrected chi connectivity index (χ1v) is 7.33. The van der Waals surface area contributed by atoms with E-state index in [1.807, 2.05) is 0 Å². The molecule has 0 radical (unpaired) electrons. The first-order valence-electron chi connectivity index (χ1n) is 6.58. The lowest BCUT2D eigenvalue weighted by molar-refractivity contribution is -0.384. The molecule has 120 valence electrons. The van der Waals surface area contributed by atoms with Gasteiger partial charge in [0, 0.05) is 17.8 Å². The highest BCUT2D eigenvalue weighted by atomic mass is 35.5. The van der Waals surface area contributed by atoms with E-state index in [0.29, 0.717) is 21.5 Å². The van der Waals surface area contributed by atoms with Gasteiger partial charge in [-0.25, -0.2) is 0 Å². The summed E-state index contributed by atoms with van der Waals surface area (Å²) in [5.74, 6) is 0.211. The molecule has 0 heterocycles. The largest absolute Gasteiger partial charge is 0.493 e. The highest BCUT2D eigenvalue weighted by Gasteiger charge is 2.07. The van der Waals surface area contributed by atoms with E-state index in [9.17, 15) is 14.9 Å². The van der Waals surface area contributed by atoms with Crippen molar-refractivity contribution >= 4 is 40.5 Å². The summed E-state index contributed by atoms with van der Waals surface area (Å²) in [6, 6.07) is 10.4. The van der Waals surface area contributed by atoms with E-state index >= 15 is 0 Å². The number of hydrogen-bond donors (Lipinski definition) is 1. The summed E-state index contributed by atoms with van der Waals surface area (Å²) >= 11 is 11.7. The van der Waals surface area contributed by atoms with Crippen molar-refractivity contribution < 1.29 is 14.5 Å². The number of nitro groups is 1. The van der Waals surface area contributed by atoms with Crippen molar-refractivity contribution in [1.82, 2.24) is 0 Å². The van der Waals surface area contributed by atoms with Crippen molar-refractivity contribution in [2.75, 3.05) is 11.9 Å². The van der Waals surface area contributed by atoms with Crippen LogP contribution >= 0.6 is 23.2 Å². The smallest absolute Gasteiger partial charge is 0.269 e. The summed E-state index contributed by atoms with van der Waals surface area (Å²) in [7, 11) is 0. The molecule has 0 aliphatic carbocycles. The van der Waals surface area contributed by atoms with E-state index in [0.717, 1.165) is 0 Å². The number of amides is 1. The summed E-state index contributed by atoms with van der Waals surface area (Å²) in [5.41, 5.74) is 0.523. The molecule has 6 nitrogen and oxygen atoms in total. The molecular weight excluding hydrogens is 343 g/mol. The number of carbonyl (C=O) groups is 1. The number of ether oxygens (including phenoxy) is 1. The fraction of sp³-hybridized carbons (Fsp3) is 0.133. The van der Waals surface area contributed by atoms with E-state index < -0.39 is 4.92 Å². The molecule has 23 heavy (non-hydrogen) atoms. The normalized spacial score (nSPS) is 10.2. The van der Waals surface area contributed by atoms with Gasteiger partial charge in [-0.15, -0.1) is 0 Å². The first-order chi connectivity index (χ1) is 11.0. The highest BCUT2D eigenvalue weighted by molar-refractivity contribution is 6.42. The number of non-ortho nitro benzene ring substituents is 1. The number of carbonyl (C=O) groups excluding carboxylic acids is 1. The molecule has 0 saturated heterocycles. The third-order valence-corrected chi connectivity index (χ3v) is 3.59. The fourth-order valence-corrected chi connectivity index (χ4v) is 2.02. The Labute approximate surface area is 142 Å². The van der Waals surface area contributed by atoms with Crippen LogP contribution < -0.4 is 10.1 Å². The van der Waals surface area contributed by atoms with Crippen LogP contribution in [0.5, 0.6) is 5.75 Å². The molecule has 0 aliphatic rings. The van der Waals surface area contributed by atoms with Crippen LogP contribution in [-0.2, 0) is 4.79 Å².